The van der Waals surface area contributed by atoms with Gasteiger partial charge >= 0.3 is 0 Å². The number of Topliss-reactive ketones (excluding diaryl/α,β-unsaturated/α-hetero) is 2. The van der Waals surface area contributed by atoms with Gasteiger partial charge in [-0.15, -0.1) is 0 Å². The molecule has 1 N–H and O–H groups in total. The lowest BCUT2D eigenvalue weighted by atomic mass is 9.63. The van der Waals surface area contributed by atoms with Crippen LogP contribution in [-0.4, -0.2) is 22.3 Å². The first-order chi connectivity index (χ1) is 8.74. The molecule has 1 aromatic rings. The summed E-state index contributed by atoms with van der Waals surface area (Å²) in [5.74, 6) is -1.08. The van der Waals surface area contributed by atoms with Crippen molar-refractivity contribution < 1.29 is 14.7 Å². The third kappa shape index (κ3) is 1.76. The zero-order chi connectivity index (χ0) is 14.4. The molecule has 1 aliphatic rings. The minimum atomic E-state index is -2.04. The molecule has 0 bridgehead atoms. The van der Waals surface area contributed by atoms with Crippen LogP contribution in [-0.2, 0) is 4.79 Å². The summed E-state index contributed by atoms with van der Waals surface area (Å²) in [4.78, 5) is 24.3. The first-order valence-corrected chi connectivity index (χ1v) is 6.43. The van der Waals surface area contributed by atoms with Gasteiger partial charge in [-0.05, 0) is 13.8 Å². The number of hydrogen-bond donors (Lipinski definition) is 1. The Hall–Kier alpha value is -1.16. The molecule has 0 spiro atoms. The summed E-state index contributed by atoms with van der Waals surface area (Å²) in [5, 5.41) is 10.0. The second-order valence-corrected chi connectivity index (χ2v) is 5.74. The van der Waals surface area contributed by atoms with Gasteiger partial charge in [0.2, 0.25) is 5.78 Å². The molecule has 0 heterocycles. The molecular formula is C14H12Cl2O3. The summed E-state index contributed by atoms with van der Waals surface area (Å²) in [7, 11) is 0. The molecule has 3 nitrogen and oxygen atoms in total. The first-order valence-electron chi connectivity index (χ1n) is 5.67. The Balaban J connectivity index is 2.46. The Kier molecular flexibility index (Phi) is 3.33. The van der Waals surface area contributed by atoms with Gasteiger partial charge in [0.15, 0.2) is 11.4 Å². The number of benzene rings is 1. The molecule has 1 unspecified atom stereocenters. The maximum atomic E-state index is 12.5. The monoisotopic (exact) mass is 298 g/mol. The van der Waals surface area contributed by atoms with E-state index in [0.29, 0.717) is 5.56 Å². The molecule has 0 saturated carbocycles. The average Bonchev–Trinajstić information content (AvgIpc) is 2.44. The number of aliphatic hydroxyl groups is 1. The van der Waals surface area contributed by atoms with E-state index in [1.165, 1.54) is 13.8 Å². The van der Waals surface area contributed by atoms with E-state index in [4.69, 9.17) is 23.2 Å². The number of hydrogen-bond acceptors (Lipinski definition) is 3. The number of rotatable bonds is 3. The summed E-state index contributed by atoms with van der Waals surface area (Å²) in [5.41, 5.74) is -3.03. The van der Waals surface area contributed by atoms with Gasteiger partial charge in [0.05, 0.1) is 10.4 Å². The van der Waals surface area contributed by atoms with E-state index in [1.54, 1.807) is 30.3 Å². The molecule has 19 heavy (non-hydrogen) atoms. The lowest BCUT2D eigenvalue weighted by Crippen LogP contribution is -2.61. The molecule has 0 saturated heterocycles. The quantitative estimate of drug-likeness (QED) is 0.873. The second kappa shape index (κ2) is 4.44. The predicted octanol–water partition coefficient (Wildman–Crippen LogP) is 2.90. The number of carbonyl (C=O) groups is 2. The molecule has 5 heteroatoms. The highest BCUT2D eigenvalue weighted by Crippen LogP contribution is 2.51. The van der Waals surface area contributed by atoms with Crippen LogP contribution in [0, 0.1) is 5.41 Å². The summed E-state index contributed by atoms with van der Waals surface area (Å²) in [6.45, 7) is 2.96. The zero-order valence-electron chi connectivity index (χ0n) is 10.4. The fraction of sp³-hybridized carbons (Fsp3) is 0.286. The van der Waals surface area contributed by atoms with Crippen LogP contribution in [0.2, 0.25) is 0 Å². The molecule has 0 aliphatic heterocycles. The zero-order valence-corrected chi connectivity index (χ0v) is 11.9. The van der Waals surface area contributed by atoms with Crippen LogP contribution < -0.4 is 0 Å². The lowest BCUT2D eigenvalue weighted by molar-refractivity contribution is -0.140. The SMILES string of the molecule is CC(C)(C(=O)c1ccccc1)C1(O)C(=O)C(Cl)=C1Cl. The van der Waals surface area contributed by atoms with Crippen LogP contribution in [0.1, 0.15) is 24.2 Å². The van der Waals surface area contributed by atoms with Crippen molar-refractivity contribution in [2.75, 3.05) is 0 Å². The largest absolute Gasteiger partial charge is 0.375 e. The third-order valence-corrected chi connectivity index (χ3v) is 4.47. The first kappa shape index (κ1) is 14.3. The van der Waals surface area contributed by atoms with E-state index in [1.807, 2.05) is 0 Å². The van der Waals surface area contributed by atoms with E-state index in [-0.39, 0.29) is 15.8 Å². The molecule has 0 radical (unpaired) electrons. The minimum absolute atomic E-state index is 0.173. The molecular weight excluding hydrogens is 287 g/mol. The minimum Gasteiger partial charge on any atom is -0.375 e. The highest BCUT2D eigenvalue weighted by Gasteiger charge is 2.63. The summed E-state index contributed by atoms with van der Waals surface area (Å²) < 4.78 is 0. The smallest absolute Gasteiger partial charge is 0.213 e. The van der Waals surface area contributed by atoms with Crippen molar-refractivity contribution in [3.05, 3.63) is 46.0 Å². The second-order valence-electron chi connectivity index (χ2n) is 4.99. The summed E-state index contributed by atoms with van der Waals surface area (Å²) >= 11 is 11.5. The van der Waals surface area contributed by atoms with Gasteiger partial charge in [0, 0.05) is 5.56 Å². The van der Waals surface area contributed by atoms with Crippen LogP contribution >= 0.6 is 23.2 Å². The van der Waals surface area contributed by atoms with Crippen molar-refractivity contribution in [1.82, 2.24) is 0 Å². The van der Waals surface area contributed by atoms with Gasteiger partial charge in [-0.2, -0.15) is 0 Å². The van der Waals surface area contributed by atoms with Crippen molar-refractivity contribution in [3.63, 3.8) is 0 Å². The van der Waals surface area contributed by atoms with Crippen molar-refractivity contribution in [2.24, 2.45) is 5.41 Å². The Morgan fingerprint density at radius 3 is 2.21 bits per heavy atom. The normalized spacial score (nSPS) is 23.3. The number of ketones is 2. The highest BCUT2D eigenvalue weighted by molar-refractivity contribution is 6.56. The topological polar surface area (TPSA) is 54.4 Å². The van der Waals surface area contributed by atoms with Crippen LogP contribution in [0.3, 0.4) is 0 Å². The predicted molar refractivity (Wildman–Crippen MR) is 73.2 cm³/mol. The molecule has 2 rings (SSSR count). The number of carbonyl (C=O) groups excluding carboxylic acids is 2. The molecule has 1 aliphatic carbocycles. The Bertz CT molecular complexity index is 590. The Morgan fingerprint density at radius 1 is 1.21 bits per heavy atom. The van der Waals surface area contributed by atoms with Gasteiger partial charge in [0.25, 0.3) is 0 Å². The van der Waals surface area contributed by atoms with E-state index in [0.717, 1.165) is 0 Å². The van der Waals surface area contributed by atoms with Gasteiger partial charge in [0.1, 0.15) is 5.03 Å². The van der Waals surface area contributed by atoms with Crippen molar-refractivity contribution in [2.45, 2.75) is 19.4 Å². The third-order valence-electron chi connectivity index (χ3n) is 3.55. The standard InChI is InChI=1S/C14H12Cl2O3/c1-13(2,11(17)8-6-4-3-5-7-8)14(19)10(16)9(15)12(14)18/h3-7,19H,1-2H3. The highest BCUT2D eigenvalue weighted by atomic mass is 35.5. The molecule has 0 fully saturated rings. The molecule has 100 valence electrons. The fourth-order valence-corrected chi connectivity index (χ4v) is 2.81. The van der Waals surface area contributed by atoms with Crippen molar-refractivity contribution in [1.29, 1.82) is 0 Å². The maximum Gasteiger partial charge on any atom is 0.213 e. The number of halogens is 2. The molecule has 1 aromatic carbocycles. The van der Waals surface area contributed by atoms with Gasteiger partial charge in [-0.25, -0.2) is 0 Å². The van der Waals surface area contributed by atoms with Crippen LogP contribution in [0.4, 0.5) is 0 Å². The van der Waals surface area contributed by atoms with E-state index < -0.39 is 16.8 Å². The Morgan fingerprint density at radius 2 is 1.74 bits per heavy atom. The molecule has 0 amide bonds. The fourth-order valence-electron chi connectivity index (χ4n) is 2.13. The average molecular weight is 299 g/mol. The molecule has 1 atom stereocenters. The summed E-state index contributed by atoms with van der Waals surface area (Å²) in [6.07, 6.45) is 0. The van der Waals surface area contributed by atoms with E-state index >= 15 is 0 Å². The maximum absolute atomic E-state index is 12.5. The van der Waals surface area contributed by atoms with Gasteiger partial charge < -0.3 is 5.11 Å². The lowest BCUT2D eigenvalue weighted by Gasteiger charge is -2.45. The van der Waals surface area contributed by atoms with Crippen LogP contribution in [0.25, 0.3) is 0 Å². The Labute approximate surface area is 120 Å². The van der Waals surface area contributed by atoms with Crippen LogP contribution in [0.15, 0.2) is 40.4 Å². The summed E-state index contributed by atoms with van der Waals surface area (Å²) in [6, 6.07) is 8.43. The van der Waals surface area contributed by atoms with Crippen molar-refractivity contribution in [3.8, 4) is 0 Å². The van der Waals surface area contributed by atoms with Gasteiger partial charge in [-0.3, -0.25) is 9.59 Å². The van der Waals surface area contributed by atoms with Crippen LogP contribution in [0.5, 0.6) is 0 Å². The molecule has 0 aromatic heterocycles. The van der Waals surface area contributed by atoms with E-state index in [2.05, 4.69) is 0 Å². The van der Waals surface area contributed by atoms with E-state index in [9.17, 15) is 14.7 Å². The van der Waals surface area contributed by atoms with Crippen molar-refractivity contribution >= 4 is 34.8 Å². The van der Waals surface area contributed by atoms with Gasteiger partial charge in [-0.1, -0.05) is 53.5 Å².